The van der Waals surface area contributed by atoms with Crippen LogP contribution in [0.5, 0.6) is 0 Å². The van der Waals surface area contributed by atoms with Gasteiger partial charge in [-0.2, -0.15) is 0 Å². The molecular weight excluding hydrogens is 506 g/mol. The summed E-state index contributed by atoms with van der Waals surface area (Å²) in [5.74, 6) is -2.68. The van der Waals surface area contributed by atoms with E-state index in [1.165, 1.54) is 29.5 Å². The topological polar surface area (TPSA) is 177 Å². The molecule has 34 heavy (non-hydrogen) atoms. The number of hydrogen-bond acceptors (Lipinski definition) is 12. The minimum Gasteiger partial charge on any atom is -0.477 e. The Bertz CT molecular complexity index is 1310. The van der Waals surface area contributed by atoms with Crippen molar-refractivity contribution in [3.8, 4) is 0 Å². The second kappa shape index (κ2) is 9.90. The van der Waals surface area contributed by atoms with Crippen LogP contribution < -0.4 is 11.1 Å². The lowest BCUT2D eigenvalue weighted by atomic mass is 10.0. The van der Waals surface area contributed by atoms with Gasteiger partial charge in [-0.15, -0.1) is 23.1 Å². The third-order valence-electron chi connectivity index (χ3n) is 4.75. The number of anilines is 1. The number of aliphatic carboxylic acids is 1. The molecule has 0 aromatic carbocycles. The van der Waals surface area contributed by atoms with Gasteiger partial charge in [-0.1, -0.05) is 16.9 Å². The zero-order chi connectivity index (χ0) is 26.9. The number of nitrogen functional groups attached to an aromatic ring is 1. The van der Waals surface area contributed by atoms with Crippen molar-refractivity contribution in [2.45, 2.75) is 11.4 Å². The predicted octanol–water partition coefficient (Wildman–Crippen LogP) is 0.981. The van der Waals surface area contributed by atoms with Gasteiger partial charge >= 0.3 is 5.97 Å². The normalized spacial score (nSPS) is 21.6. The molecule has 0 bridgehead atoms. The van der Waals surface area contributed by atoms with Crippen LogP contribution >= 0.6 is 34.9 Å². The second-order valence-electron chi connectivity index (χ2n) is 6.77. The van der Waals surface area contributed by atoms with Crippen LogP contribution in [0.3, 0.4) is 0 Å². The number of thiazole rings is 1. The van der Waals surface area contributed by atoms with E-state index in [0.29, 0.717) is 5.57 Å². The van der Waals surface area contributed by atoms with E-state index in [2.05, 4.69) is 20.3 Å². The van der Waals surface area contributed by atoms with Gasteiger partial charge in [-0.25, -0.2) is 9.78 Å². The fraction of sp³-hybridized carbons (Fsp3) is 0.263. The fourth-order valence-corrected chi connectivity index (χ4v) is 6.09. The molecule has 1 saturated heterocycles. The molecule has 2 atom stereocenters. The van der Waals surface area contributed by atoms with Crippen LogP contribution in [0.15, 0.2) is 44.6 Å². The minimum atomic E-state index is -2.94. The molecule has 2 aromatic heterocycles. The zero-order valence-corrected chi connectivity index (χ0v) is 19.4. The minimum absolute atomic E-state index is 0.0240. The Morgan fingerprint density at radius 1 is 1.53 bits per heavy atom. The molecule has 2 aliphatic rings. The van der Waals surface area contributed by atoms with Crippen molar-refractivity contribution in [2.75, 3.05) is 24.3 Å². The molecule has 2 aliphatic heterocycles. The number of fused-ring (bicyclic) bond motifs is 1. The van der Waals surface area contributed by atoms with Crippen LogP contribution in [0.25, 0.3) is 0 Å². The molecule has 12 nitrogen and oxygen atoms in total. The quantitative estimate of drug-likeness (QED) is 0.254. The first-order valence-corrected chi connectivity index (χ1v) is 12.3. The maximum absolute atomic E-state index is 12.9. The van der Waals surface area contributed by atoms with Gasteiger partial charge in [0, 0.05) is 16.9 Å². The maximum Gasteiger partial charge on any atom is 0.352 e. The molecule has 0 spiro atoms. The zero-order valence-electron chi connectivity index (χ0n) is 19.9. The van der Waals surface area contributed by atoms with E-state index in [1.54, 1.807) is 6.07 Å². The summed E-state index contributed by atoms with van der Waals surface area (Å²) in [7, 11) is -2.94. The Hall–Kier alpha value is -3.30. The van der Waals surface area contributed by atoms with Gasteiger partial charge in [0.25, 0.3) is 16.9 Å². The predicted molar refractivity (Wildman–Crippen MR) is 125 cm³/mol. The van der Waals surface area contributed by atoms with Gasteiger partial charge < -0.3 is 25.4 Å². The summed E-state index contributed by atoms with van der Waals surface area (Å²) >= 11 is 3.02. The fourth-order valence-electron chi connectivity index (χ4n) is 3.27. The van der Waals surface area contributed by atoms with Crippen LogP contribution in [0, 0.1) is 0 Å². The Morgan fingerprint density at radius 3 is 3.00 bits per heavy atom. The first kappa shape index (κ1) is 20.1. The molecule has 0 saturated carbocycles. The molecule has 1 fully saturated rings. The average molecular weight is 527 g/mol. The molecule has 4 N–H and O–H groups in total. The smallest absolute Gasteiger partial charge is 0.352 e. The van der Waals surface area contributed by atoms with Crippen molar-refractivity contribution in [3.63, 3.8) is 0 Å². The van der Waals surface area contributed by atoms with Crippen molar-refractivity contribution < 1.29 is 37.7 Å². The molecule has 178 valence electrons. The van der Waals surface area contributed by atoms with E-state index < -0.39 is 41.9 Å². The monoisotopic (exact) mass is 526 g/mol. The van der Waals surface area contributed by atoms with Gasteiger partial charge in [0.05, 0.1) is 10.4 Å². The van der Waals surface area contributed by atoms with Gasteiger partial charge in [-0.05, 0) is 17.7 Å². The Labute approximate surface area is 208 Å². The number of furan rings is 1. The molecule has 0 unspecified atom stereocenters. The molecular formula is C19H17N5O7S3. The molecule has 4 rings (SSSR count). The standard InChI is InChI=1S/C19H17N5O7S3/c1-30-23-11(9-7-34-19(20)21-9)14(25)22-12-15(26)24-13(17(27)28)8(5-32-16(12)24)6-33-18(29)10-3-2-4-31-10/h2-4,7,12,16H,5-6H2,1H3,(H2,20,21)(H,22,25)(H,27,28)/b23-11-/t12-,16-/m1/s1/i1D3. The summed E-state index contributed by atoms with van der Waals surface area (Å²) in [4.78, 5) is 59.4. The molecule has 0 radical (unpaired) electrons. The highest BCUT2D eigenvalue weighted by Crippen LogP contribution is 2.41. The second-order valence-corrected chi connectivity index (χ2v) is 9.72. The Morgan fingerprint density at radius 2 is 2.35 bits per heavy atom. The number of carbonyl (C=O) groups excluding carboxylic acids is 3. The number of nitrogens with one attached hydrogen (secondary N) is 1. The van der Waals surface area contributed by atoms with E-state index in [1.807, 2.05) is 0 Å². The van der Waals surface area contributed by atoms with Crippen molar-refractivity contribution in [3.05, 3.63) is 46.5 Å². The third kappa shape index (κ3) is 4.53. The van der Waals surface area contributed by atoms with Crippen molar-refractivity contribution in [1.29, 1.82) is 0 Å². The number of rotatable bonds is 8. The van der Waals surface area contributed by atoms with Crippen molar-refractivity contribution in [1.82, 2.24) is 15.2 Å². The summed E-state index contributed by atoms with van der Waals surface area (Å²) < 4.78 is 26.4. The highest BCUT2D eigenvalue weighted by Gasteiger charge is 2.54. The molecule has 0 aliphatic carbocycles. The molecule has 2 aromatic rings. The van der Waals surface area contributed by atoms with Crippen LogP contribution in [0.1, 0.15) is 20.4 Å². The number of nitrogens with zero attached hydrogens (tertiary/aromatic N) is 3. The van der Waals surface area contributed by atoms with Crippen LogP contribution in [0.4, 0.5) is 5.13 Å². The summed E-state index contributed by atoms with van der Waals surface area (Å²) in [6.07, 6.45) is 1.35. The number of carboxylic acids is 1. The highest BCUT2D eigenvalue weighted by atomic mass is 32.2. The van der Waals surface area contributed by atoms with Gasteiger partial charge in [0.1, 0.15) is 29.8 Å². The number of thioether (sulfide) groups is 2. The molecule has 4 heterocycles. The van der Waals surface area contributed by atoms with E-state index in [0.717, 1.165) is 28.0 Å². The van der Waals surface area contributed by atoms with E-state index in [4.69, 9.17) is 14.3 Å². The van der Waals surface area contributed by atoms with Crippen LogP contribution in [-0.2, 0) is 19.2 Å². The number of β-lactam (4-membered cyclic amide) rings is 1. The average Bonchev–Trinajstić information content (AvgIpc) is 3.52. The number of nitrogens with two attached hydrogens (primary N) is 1. The molecule has 2 amide bonds. The number of amides is 2. The maximum atomic E-state index is 12.9. The Kier molecular flexibility index (Phi) is 5.86. The van der Waals surface area contributed by atoms with Crippen molar-refractivity contribution in [2.24, 2.45) is 5.16 Å². The third-order valence-corrected chi connectivity index (χ3v) is 7.72. The van der Waals surface area contributed by atoms with Crippen molar-refractivity contribution >= 4 is 68.6 Å². The molecule has 15 heteroatoms. The number of carbonyl (C=O) groups is 4. The number of carboxylic acid groups (broad SMARTS) is 1. The summed E-state index contributed by atoms with van der Waals surface area (Å²) in [5, 5.41) is 15.9. The SMILES string of the molecule is [2H]C([2H])([2H])O/N=C(\C(=O)N[C@@H]1C(=O)N2C(C(=O)O)=C(CSC(=O)c3ccco3)CS[C@H]12)c1csc(N)n1. The first-order valence-electron chi connectivity index (χ1n) is 10.9. The lowest BCUT2D eigenvalue weighted by Crippen LogP contribution is -2.71. The highest BCUT2D eigenvalue weighted by molar-refractivity contribution is 8.14. The van der Waals surface area contributed by atoms with E-state index in [9.17, 15) is 24.3 Å². The summed E-state index contributed by atoms with van der Waals surface area (Å²) in [6.45, 7) is 0. The van der Waals surface area contributed by atoms with Gasteiger partial charge in [0.2, 0.25) is 0 Å². The van der Waals surface area contributed by atoms with Crippen LogP contribution in [-0.4, -0.2) is 73.6 Å². The summed E-state index contributed by atoms with van der Waals surface area (Å²) in [6, 6.07) is 1.92. The van der Waals surface area contributed by atoms with Crippen LogP contribution in [0.2, 0.25) is 0 Å². The summed E-state index contributed by atoms with van der Waals surface area (Å²) in [5.41, 5.74) is 5.12. The number of hydrogen-bond donors (Lipinski definition) is 3. The lowest BCUT2D eigenvalue weighted by Gasteiger charge is -2.49. The Balaban J connectivity index is 1.49. The van der Waals surface area contributed by atoms with E-state index >= 15 is 0 Å². The lowest BCUT2D eigenvalue weighted by molar-refractivity contribution is -0.150. The first-order chi connectivity index (χ1) is 17.5. The van der Waals surface area contributed by atoms with E-state index in [-0.39, 0.29) is 38.9 Å². The van der Waals surface area contributed by atoms with Gasteiger partial charge in [-0.3, -0.25) is 19.3 Å². The number of aromatic nitrogens is 1. The van der Waals surface area contributed by atoms with Gasteiger partial charge in [0.15, 0.2) is 16.6 Å². The largest absolute Gasteiger partial charge is 0.477 e. The number of oxime groups is 1.